The molecule has 0 aliphatic heterocycles. The van der Waals surface area contributed by atoms with Crippen LogP contribution in [0.1, 0.15) is 43.1 Å². The van der Waals surface area contributed by atoms with Crippen molar-refractivity contribution in [2.24, 2.45) is 5.92 Å². The van der Waals surface area contributed by atoms with Gasteiger partial charge in [-0.2, -0.15) is 0 Å². The Morgan fingerprint density at radius 3 is 2.24 bits per heavy atom. The van der Waals surface area contributed by atoms with E-state index in [4.69, 9.17) is 0 Å². The number of amides is 3. The molecular formula is C23H29N3O3. The van der Waals surface area contributed by atoms with Gasteiger partial charge in [0, 0.05) is 11.3 Å². The summed E-state index contributed by atoms with van der Waals surface area (Å²) in [5, 5.41) is 8.26. The zero-order chi connectivity index (χ0) is 21.2. The number of nitrogens with one attached hydrogen (secondary N) is 3. The van der Waals surface area contributed by atoms with E-state index in [0.717, 1.165) is 17.7 Å². The molecule has 6 nitrogen and oxygen atoms in total. The molecule has 2 rings (SSSR count). The first-order valence-corrected chi connectivity index (χ1v) is 9.97. The summed E-state index contributed by atoms with van der Waals surface area (Å²) in [7, 11) is 0. The van der Waals surface area contributed by atoms with Crippen molar-refractivity contribution in [3.8, 4) is 0 Å². The van der Waals surface area contributed by atoms with E-state index >= 15 is 0 Å². The number of carbonyl (C=O) groups excluding carboxylic acids is 3. The number of para-hydroxylation sites is 1. The maximum absolute atomic E-state index is 12.7. The summed E-state index contributed by atoms with van der Waals surface area (Å²) in [5.74, 6) is -1.07. The predicted octanol–water partition coefficient (Wildman–Crippen LogP) is 3.15. The zero-order valence-electron chi connectivity index (χ0n) is 17.2. The Kier molecular flexibility index (Phi) is 8.40. The SMILES string of the molecule is CCc1ccccc1NC(=O)CNC(=O)C(NC(=O)c1ccccc1)C(C)CC. The lowest BCUT2D eigenvalue weighted by molar-refractivity contribution is -0.126. The fourth-order valence-electron chi connectivity index (χ4n) is 2.94. The monoisotopic (exact) mass is 395 g/mol. The van der Waals surface area contributed by atoms with Gasteiger partial charge in [0.25, 0.3) is 5.91 Å². The van der Waals surface area contributed by atoms with Gasteiger partial charge in [-0.1, -0.05) is 63.6 Å². The van der Waals surface area contributed by atoms with Gasteiger partial charge in [-0.05, 0) is 36.1 Å². The molecule has 0 radical (unpaired) electrons. The third kappa shape index (κ3) is 6.45. The van der Waals surface area contributed by atoms with Crippen LogP contribution in [0, 0.1) is 5.92 Å². The highest BCUT2D eigenvalue weighted by Gasteiger charge is 2.26. The van der Waals surface area contributed by atoms with Crippen LogP contribution in [0.25, 0.3) is 0 Å². The van der Waals surface area contributed by atoms with Crippen LogP contribution < -0.4 is 16.0 Å². The summed E-state index contributed by atoms with van der Waals surface area (Å²) in [6.07, 6.45) is 1.51. The molecule has 2 unspecified atom stereocenters. The largest absolute Gasteiger partial charge is 0.345 e. The first kappa shape index (κ1) is 22.1. The number of hydrogen-bond donors (Lipinski definition) is 3. The topological polar surface area (TPSA) is 87.3 Å². The Hall–Kier alpha value is -3.15. The van der Waals surface area contributed by atoms with Gasteiger partial charge < -0.3 is 16.0 Å². The number of hydrogen-bond acceptors (Lipinski definition) is 3. The summed E-state index contributed by atoms with van der Waals surface area (Å²) in [6, 6.07) is 15.6. The predicted molar refractivity (Wildman–Crippen MR) is 115 cm³/mol. The Balaban J connectivity index is 1.97. The summed E-state index contributed by atoms with van der Waals surface area (Å²) >= 11 is 0. The fourth-order valence-corrected chi connectivity index (χ4v) is 2.94. The van der Waals surface area contributed by atoms with Crippen LogP contribution >= 0.6 is 0 Å². The van der Waals surface area contributed by atoms with Crippen LogP contribution in [0.5, 0.6) is 0 Å². The fraction of sp³-hybridized carbons (Fsp3) is 0.348. The second-order valence-corrected chi connectivity index (χ2v) is 6.98. The number of benzene rings is 2. The highest BCUT2D eigenvalue weighted by atomic mass is 16.2. The van der Waals surface area contributed by atoms with E-state index in [1.807, 2.05) is 51.1 Å². The Morgan fingerprint density at radius 2 is 1.59 bits per heavy atom. The molecule has 2 atom stereocenters. The van der Waals surface area contributed by atoms with Crippen molar-refractivity contribution in [2.75, 3.05) is 11.9 Å². The van der Waals surface area contributed by atoms with Crippen LogP contribution in [0.3, 0.4) is 0 Å². The molecule has 0 bridgehead atoms. The molecule has 0 saturated carbocycles. The summed E-state index contributed by atoms with van der Waals surface area (Å²) < 4.78 is 0. The average molecular weight is 396 g/mol. The highest BCUT2D eigenvalue weighted by Crippen LogP contribution is 2.15. The zero-order valence-corrected chi connectivity index (χ0v) is 17.2. The second-order valence-electron chi connectivity index (χ2n) is 6.98. The van der Waals surface area contributed by atoms with Crippen molar-refractivity contribution in [1.82, 2.24) is 10.6 Å². The molecule has 0 aliphatic carbocycles. The van der Waals surface area contributed by atoms with E-state index < -0.39 is 6.04 Å². The van der Waals surface area contributed by atoms with Crippen molar-refractivity contribution in [1.29, 1.82) is 0 Å². The van der Waals surface area contributed by atoms with Gasteiger partial charge in [-0.3, -0.25) is 14.4 Å². The lowest BCUT2D eigenvalue weighted by atomic mass is 9.98. The van der Waals surface area contributed by atoms with Crippen LogP contribution in [0.15, 0.2) is 54.6 Å². The van der Waals surface area contributed by atoms with Crippen LogP contribution in [-0.2, 0) is 16.0 Å². The minimum atomic E-state index is -0.719. The number of carbonyl (C=O) groups is 3. The van der Waals surface area contributed by atoms with E-state index in [2.05, 4.69) is 16.0 Å². The molecule has 0 fully saturated rings. The summed E-state index contributed by atoms with van der Waals surface area (Å²) in [6.45, 7) is 5.70. The van der Waals surface area contributed by atoms with Gasteiger partial charge in [0.05, 0.1) is 6.54 Å². The third-order valence-electron chi connectivity index (χ3n) is 4.91. The van der Waals surface area contributed by atoms with Gasteiger partial charge in [-0.15, -0.1) is 0 Å². The first-order valence-electron chi connectivity index (χ1n) is 9.97. The first-order chi connectivity index (χ1) is 14.0. The molecule has 2 aromatic carbocycles. The van der Waals surface area contributed by atoms with E-state index in [1.54, 1.807) is 24.3 Å². The van der Waals surface area contributed by atoms with Crippen LogP contribution in [0.4, 0.5) is 5.69 Å². The molecule has 0 aromatic heterocycles. The molecule has 3 N–H and O–H groups in total. The van der Waals surface area contributed by atoms with Crippen molar-refractivity contribution >= 4 is 23.4 Å². The van der Waals surface area contributed by atoms with Gasteiger partial charge in [0.2, 0.25) is 11.8 Å². The van der Waals surface area contributed by atoms with E-state index in [9.17, 15) is 14.4 Å². The van der Waals surface area contributed by atoms with Gasteiger partial charge in [0.1, 0.15) is 6.04 Å². The van der Waals surface area contributed by atoms with Gasteiger partial charge >= 0.3 is 0 Å². The molecular weight excluding hydrogens is 366 g/mol. The maximum atomic E-state index is 12.7. The second kappa shape index (κ2) is 11.0. The normalized spacial score (nSPS) is 12.5. The lowest BCUT2D eigenvalue weighted by Crippen LogP contribution is -2.51. The number of anilines is 1. The average Bonchev–Trinajstić information content (AvgIpc) is 2.76. The minimum absolute atomic E-state index is 0.0773. The lowest BCUT2D eigenvalue weighted by Gasteiger charge is -2.23. The molecule has 0 saturated heterocycles. The molecule has 154 valence electrons. The quantitative estimate of drug-likeness (QED) is 0.609. The highest BCUT2D eigenvalue weighted by molar-refractivity contribution is 5.99. The Morgan fingerprint density at radius 1 is 0.931 bits per heavy atom. The van der Waals surface area contributed by atoms with E-state index in [0.29, 0.717) is 12.0 Å². The van der Waals surface area contributed by atoms with Crippen molar-refractivity contribution in [2.45, 2.75) is 39.7 Å². The Bertz CT molecular complexity index is 836. The number of aryl methyl sites for hydroxylation is 1. The minimum Gasteiger partial charge on any atom is -0.345 e. The van der Waals surface area contributed by atoms with Crippen molar-refractivity contribution in [3.63, 3.8) is 0 Å². The maximum Gasteiger partial charge on any atom is 0.251 e. The molecule has 2 aromatic rings. The van der Waals surface area contributed by atoms with Crippen molar-refractivity contribution < 1.29 is 14.4 Å². The number of rotatable bonds is 9. The summed E-state index contributed by atoms with van der Waals surface area (Å²) in [4.78, 5) is 37.4. The van der Waals surface area contributed by atoms with Crippen LogP contribution in [0.2, 0.25) is 0 Å². The van der Waals surface area contributed by atoms with E-state index in [1.165, 1.54) is 0 Å². The molecule has 6 heteroatoms. The van der Waals surface area contributed by atoms with Crippen molar-refractivity contribution in [3.05, 3.63) is 65.7 Å². The van der Waals surface area contributed by atoms with Gasteiger partial charge in [-0.25, -0.2) is 0 Å². The molecule has 3 amide bonds. The standard InChI is InChI=1S/C23H29N3O3/c1-4-16(3)21(26-22(28)18-12-7-6-8-13-18)23(29)24-15-20(27)25-19-14-10-9-11-17(19)5-2/h6-14,16,21H,4-5,15H2,1-3H3,(H,24,29)(H,25,27)(H,26,28). The van der Waals surface area contributed by atoms with E-state index in [-0.39, 0.29) is 30.2 Å². The summed E-state index contributed by atoms with van der Waals surface area (Å²) in [5.41, 5.74) is 2.26. The molecule has 0 heterocycles. The molecule has 0 aliphatic rings. The van der Waals surface area contributed by atoms with Crippen LogP contribution in [-0.4, -0.2) is 30.3 Å². The molecule has 29 heavy (non-hydrogen) atoms. The smallest absolute Gasteiger partial charge is 0.251 e. The Labute approximate surface area is 172 Å². The van der Waals surface area contributed by atoms with Gasteiger partial charge in [0.15, 0.2) is 0 Å². The third-order valence-corrected chi connectivity index (χ3v) is 4.91. The molecule has 0 spiro atoms.